The first-order chi connectivity index (χ1) is 7.29. The molecule has 1 amide bonds. The highest BCUT2D eigenvalue weighted by Crippen LogP contribution is 2.50. The molecule has 0 radical (unpaired) electrons. The maximum absolute atomic E-state index is 12.1. The quantitative estimate of drug-likeness (QED) is 0.685. The van der Waals surface area contributed by atoms with Gasteiger partial charge in [-0.25, -0.2) is 0 Å². The normalized spacial score (nSPS) is 27.3. The molecular weight excluding hydrogens is 190 g/mol. The van der Waals surface area contributed by atoms with E-state index in [4.69, 9.17) is 4.74 Å². The van der Waals surface area contributed by atoms with Crippen LogP contribution in [0.5, 0.6) is 0 Å². The van der Waals surface area contributed by atoms with Crippen LogP contribution in [0.4, 0.5) is 5.69 Å². The molecule has 1 unspecified atom stereocenters. The highest BCUT2D eigenvalue weighted by Gasteiger charge is 2.61. The molecule has 78 valence electrons. The number of anilines is 1. The van der Waals surface area contributed by atoms with E-state index in [0.29, 0.717) is 6.61 Å². The highest BCUT2D eigenvalue weighted by molar-refractivity contribution is 6.08. The lowest BCUT2D eigenvalue weighted by atomic mass is 10.0. The first-order valence-electron chi connectivity index (χ1n) is 5.35. The van der Waals surface area contributed by atoms with Crippen LogP contribution in [0.25, 0.3) is 0 Å². The molecule has 3 nitrogen and oxygen atoms in total. The Morgan fingerprint density at radius 3 is 2.87 bits per heavy atom. The molecular formula is C12H13NO2. The van der Waals surface area contributed by atoms with E-state index >= 15 is 0 Å². The van der Waals surface area contributed by atoms with Crippen molar-refractivity contribution in [2.24, 2.45) is 0 Å². The van der Waals surface area contributed by atoms with Crippen molar-refractivity contribution in [3.8, 4) is 0 Å². The molecule has 1 atom stereocenters. The Kier molecular flexibility index (Phi) is 1.68. The summed E-state index contributed by atoms with van der Waals surface area (Å²) >= 11 is 0. The van der Waals surface area contributed by atoms with Crippen molar-refractivity contribution in [1.82, 2.24) is 0 Å². The first kappa shape index (κ1) is 8.92. The zero-order valence-corrected chi connectivity index (χ0v) is 8.69. The van der Waals surface area contributed by atoms with Gasteiger partial charge in [-0.05, 0) is 12.5 Å². The van der Waals surface area contributed by atoms with Crippen molar-refractivity contribution < 1.29 is 9.53 Å². The van der Waals surface area contributed by atoms with E-state index in [-0.39, 0.29) is 5.91 Å². The van der Waals surface area contributed by atoms with Crippen LogP contribution < -0.4 is 4.90 Å². The Morgan fingerprint density at radius 2 is 2.20 bits per heavy atom. The van der Waals surface area contributed by atoms with Gasteiger partial charge in [0.25, 0.3) is 5.91 Å². The van der Waals surface area contributed by atoms with Crippen LogP contribution in [0.15, 0.2) is 24.3 Å². The maximum Gasteiger partial charge on any atom is 0.266 e. The van der Waals surface area contributed by atoms with Crippen LogP contribution in [0.3, 0.4) is 0 Å². The first-order valence-corrected chi connectivity index (χ1v) is 5.35. The van der Waals surface area contributed by atoms with E-state index < -0.39 is 5.60 Å². The van der Waals surface area contributed by atoms with Crippen molar-refractivity contribution in [1.29, 1.82) is 0 Å². The number of nitrogens with zero attached hydrogens (tertiary/aromatic N) is 1. The van der Waals surface area contributed by atoms with Crippen molar-refractivity contribution in [2.75, 3.05) is 18.1 Å². The number of amides is 1. The van der Waals surface area contributed by atoms with Crippen LogP contribution >= 0.6 is 0 Å². The predicted molar refractivity (Wildman–Crippen MR) is 56.7 cm³/mol. The number of benzene rings is 1. The summed E-state index contributed by atoms with van der Waals surface area (Å²) in [4.78, 5) is 14.0. The van der Waals surface area contributed by atoms with Crippen molar-refractivity contribution in [3.05, 3.63) is 29.8 Å². The fraction of sp³-hybridized carbons (Fsp3) is 0.417. The van der Waals surface area contributed by atoms with E-state index in [2.05, 4.69) is 6.92 Å². The average Bonchev–Trinajstić information content (AvgIpc) is 3.02. The maximum atomic E-state index is 12.1. The lowest BCUT2D eigenvalue weighted by molar-refractivity contribution is -0.122. The molecule has 1 aromatic carbocycles. The Hall–Kier alpha value is -1.35. The molecule has 0 aromatic heterocycles. The average molecular weight is 203 g/mol. The molecule has 0 N–H and O–H groups in total. The number of hydrogen-bond donors (Lipinski definition) is 0. The lowest BCUT2D eigenvalue weighted by Crippen LogP contribution is -2.33. The molecule has 1 fully saturated rings. The van der Waals surface area contributed by atoms with Crippen LogP contribution in [0.2, 0.25) is 0 Å². The van der Waals surface area contributed by atoms with Gasteiger partial charge in [0.2, 0.25) is 0 Å². The van der Waals surface area contributed by atoms with E-state index in [0.717, 1.165) is 24.2 Å². The zero-order chi connectivity index (χ0) is 10.5. The summed E-state index contributed by atoms with van der Waals surface area (Å²) in [5, 5.41) is 0. The SMILES string of the molecule is CCCN1C(=O)C2(CO2)c2ccccc21. The minimum absolute atomic E-state index is 0.116. The van der Waals surface area contributed by atoms with Crippen molar-refractivity contribution in [2.45, 2.75) is 18.9 Å². The largest absolute Gasteiger partial charge is 0.354 e. The van der Waals surface area contributed by atoms with Gasteiger partial charge in [-0.15, -0.1) is 0 Å². The topological polar surface area (TPSA) is 32.8 Å². The third-order valence-electron chi connectivity index (χ3n) is 3.10. The summed E-state index contributed by atoms with van der Waals surface area (Å²) in [6.45, 7) is 3.40. The van der Waals surface area contributed by atoms with Crippen molar-refractivity contribution in [3.63, 3.8) is 0 Å². The smallest absolute Gasteiger partial charge is 0.266 e. The molecule has 2 heterocycles. The number of hydrogen-bond acceptors (Lipinski definition) is 2. The standard InChI is InChI=1S/C12H13NO2/c1-2-7-13-10-6-4-3-5-9(10)12(8-15-12)11(13)14/h3-6H,2,7-8H2,1H3. The number of rotatable bonds is 2. The third kappa shape index (κ3) is 1.01. The zero-order valence-electron chi connectivity index (χ0n) is 8.69. The molecule has 0 saturated carbocycles. The Morgan fingerprint density at radius 1 is 1.47 bits per heavy atom. The van der Waals surface area contributed by atoms with Crippen LogP contribution in [0, 0.1) is 0 Å². The van der Waals surface area contributed by atoms with E-state index in [1.807, 2.05) is 29.2 Å². The van der Waals surface area contributed by atoms with Gasteiger partial charge >= 0.3 is 0 Å². The second-order valence-corrected chi connectivity index (χ2v) is 4.09. The number of carbonyl (C=O) groups is 1. The Bertz CT molecular complexity index is 423. The lowest BCUT2D eigenvalue weighted by Gasteiger charge is -2.15. The molecule has 15 heavy (non-hydrogen) atoms. The molecule has 2 aliphatic rings. The van der Waals surface area contributed by atoms with Gasteiger partial charge in [-0.1, -0.05) is 25.1 Å². The second-order valence-electron chi connectivity index (χ2n) is 4.09. The second kappa shape index (κ2) is 2.83. The third-order valence-corrected chi connectivity index (χ3v) is 3.10. The molecule has 0 aliphatic carbocycles. The van der Waals surface area contributed by atoms with E-state index in [1.54, 1.807) is 0 Å². The number of fused-ring (bicyclic) bond motifs is 2. The number of epoxide rings is 1. The summed E-state index contributed by atoms with van der Waals surface area (Å²) < 4.78 is 5.38. The summed E-state index contributed by atoms with van der Waals surface area (Å²) in [5.41, 5.74) is 1.47. The van der Waals surface area contributed by atoms with Gasteiger partial charge in [-0.3, -0.25) is 4.79 Å². The van der Waals surface area contributed by atoms with Crippen LogP contribution in [-0.2, 0) is 15.1 Å². The molecule has 3 rings (SSSR count). The summed E-state index contributed by atoms with van der Waals surface area (Å²) in [6.07, 6.45) is 0.968. The molecule has 1 saturated heterocycles. The molecule has 0 bridgehead atoms. The van der Waals surface area contributed by atoms with Gasteiger partial charge in [0, 0.05) is 12.1 Å². The molecule has 3 heteroatoms. The van der Waals surface area contributed by atoms with E-state index in [9.17, 15) is 4.79 Å². The monoisotopic (exact) mass is 203 g/mol. The van der Waals surface area contributed by atoms with Gasteiger partial charge < -0.3 is 9.64 Å². The summed E-state index contributed by atoms with van der Waals surface area (Å²) in [5.74, 6) is 0.116. The number of ether oxygens (including phenoxy) is 1. The highest BCUT2D eigenvalue weighted by atomic mass is 16.6. The molecule has 2 aliphatic heterocycles. The fourth-order valence-corrected chi connectivity index (χ4v) is 2.29. The molecule has 1 aromatic rings. The van der Waals surface area contributed by atoms with Gasteiger partial charge in [0.15, 0.2) is 5.60 Å². The van der Waals surface area contributed by atoms with Gasteiger partial charge in [-0.2, -0.15) is 0 Å². The summed E-state index contributed by atoms with van der Waals surface area (Å²) in [7, 11) is 0. The number of para-hydroxylation sites is 1. The minimum atomic E-state index is -0.605. The Balaban J connectivity index is 2.11. The van der Waals surface area contributed by atoms with Gasteiger partial charge in [0.05, 0.1) is 12.3 Å². The van der Waals surface area contributed by atoms with Crippen molar-refractivity contribution >= 4 is 11.6 Å². The van der Waals surface area contributed by atoms with Crippen LogP contribution in [-0.4, -0.2) is 19.1 Å². The predicted octanol–water partition coefficient (Wildman–Crippen LogP) is 1.67. The van der Waals surface area contributed by atoms with E-state index in [1.165, 1.54) is 0 Å². The molecule has 1 spiro atoms. The number of carbonyl (C=O) groups excluding carboxylic acids is 1. The summed E-state index contributed by atoms with van der Waals surface area (Å²) in [6, 6.07) is 7.93. The Labute approximate surface area is 88.6 Å². The minimum Gasteiger partial charge on any atom is -0.354 e. The fourth-order valence-electron chi connectivity index (χ4n) is 2.29. The van der Waals surface area contributed by atoms with Crippen LogP contribution in [0.1, 0.15) is 18.9 Å². The van der Waals surface area contributed by atoms with Gasteiger partial charge in [0.1, 0.15) is 0 Å².